The first kappa shape index (κ1) is 10.1. The van der Waals surface area contributed by atoms with Crippen LogP contribution in [0.15, 0.2) is 6.33 Å². The van der Waals surface area contributed by atoms with Crippen LogP contribution in [0.4, 0.5) is 0 Å². The second-order valence-electron chi connectivity index (χ2n) is 3.37. The molecule has 0 N–H and O–H groups in total. The first-order chi connectivity index (χ1) is 6.81. The highest BCUT2D eigenvalue weighted by molar-refractivity contribution is 7.85. The van der Waals surface area contributed by atoms with Crippen molar-refractivity contribution in [2.45, 2.75) is 24.8 Å². The highest BCUT2D eigenvalue weighted by Gasteiger charge is 2.21. The fraction of sp³-hybridized carbons (Fsp3) is 0.750. The number of hydrogen-bond acceptors (Lipinski definition) is 3. The minimum atomic E-state index is -0.618. The Morgan fingerprint density at radius 3 is 2.93 bits per heavy atom. The molecular formula is C8H12ClN3OS. The van der Waals surface area contributed by atoms with Crippen LogP contribution in [-0.4, -0.2) is 30.5 Å². The van der Waals surface area contributed by atoms with Crippen molar-refractivity contribution < 1.29 is 4.21 Å². The van der Waals surface area contributed by atoms with Gasteiger partial charge in [0.05, 0.1) is 5.88 Å². The van der Waals surface area contributed by atoms with E-state index >= 15 is 0 Å². The summed E-state index contributed by atoms with van der Waals surface area (Å²) in [4.78, 5) is 0. The van der Waals surface area contributed by atoms with Gasteiger partial charge in [0.1, 0.15) is 12.2 Å². The SMILES string of the molecule is O=S1CCC(n2cnnc2CCl)CC1. The molecule has 0 unspecified atom stereocenters. The molecule has 0 atom stereocenters. The van der Waals surface area contributed by atoms with Gasteiger partial charge in [0.25, 0.3) is 0 Å². The second kappa shape index (κ2) is 4.40. The molecule has 1 aromatic rings. The van der Waals surface area contributed by atoms with Gasteiger partial charge in [-0.3, -0.25) is 4.21 Å². The van der Waals surface area contributed by atoms with Crippen LogP contribution in [-0.2, 0) is 16.7 Å². The van der Waals surface area contributed by atoms with E-state index in [2.05, 4.69) is 10.2 Å². The molecular weight excluding hydrogens is 222 g/mol. The average Bonchev–Trinajstić information content (AvgIpc) is 2.67. The molecule has 0 spiro atoms. The third kappa shape index (κ3) is 1.98. The molecule has 1 aromatic heterocycles. The highest BCUT2D eigenvalue weighted by Crippen LogP contribution is 2.23. The fourth-order valence-electron chi connectivity index (χ4n) is 1.73. The van der Waals surface area contributed by atoms with Crippen LogP contribution in [0.1, 0.15) is 24.7 Å². The van der Waals surface area contributed by atoms with Crippen LogP contribution in [0.2, 0.25) is 0 Å². The number of rotatable bonds is 2. The van der Waals surface area contributed by atoms with Gasteiger partial charge in [-0.15, -0.1) is 21.8 Å². The Morgan fingerprint density at radius 2 is 2.29 bits per heavy atom. The summed E-state index contributed by atoms with van der Waals surface area (Å²) >= 11 is 5.74. The normalized spacial score (nSPS) is 27.8. The predicted molar refractivity (Wildman–Crippen MR) is 55.7 cm³/mol. The summed E-state index contributed by atoms with van der Waals surface area (Å²) in [5.41, 5.74) is 0. The molecule has 6 heteroatoms. The lowest BCUT2D eigenvalue weighted by molar-refractivity contribution is 0.451. The van der Waals surface area contributed by atoms with Crippen molar-refractivity contribution in [3.8, 4) is 0 Å². The molecule has 0 saturated carbocycles. The standard InChI is InChI=1S/C8H12ClN3OS/c9-5-8-11-10-6-12(8)7-1-3-14(13)4-2-7/h6-7H,1-5H2. The Balaban J connectivity index is 2.11. The van der Waals surface area contributed by atoms with E-state index in [1.54, 1.807) is 6.33 Å². The first-order valence-corrected chi connectivity index (χ1v) is 6.63. The van der Waals surface area contributed by atoms with Crippen LogP contribution in [0.25, 0.3) is 0 Å². The van der Waals surface area contributed by atoms with Crippen molar-refractivity contribution in [2.24, 2.45) is 0 Å². The molecule has 4 nitrogen and oxygen atoms in total. The van der Waals surface area contributed by atoms with Gasteiger partial charge < -0.3 is 4.57 Å². The van der Waals surface area contributed by atoms with Crippen molar-refractivity contribution in [3.05, 3.63) is 12.2 Å². The Kier molecular flexibility index (Phi) is 3.18. The van der Waals surface area contributed by atoms with E-state index in [1.807, 2.05) is 4.57 Å². The summed E-state index contributed by atoms with van der Waals surface area (Å²) in [6.07, 6.45) is 3.60. The van der Waals surface area contributed by atoms with Crippen LogP contribution >= 0.6 is 11.6 Å². The van der Waals surface area contributed by atoms with E-state index in [9.17, 15) is 4.21 Å². The molecule has 1 aliphatic heterocycles. The molecule has 2 heterocycles. The van der Waals surface area contributed by atoms with E-state index in [0.29, 0.717) is 11.9 Å². The van der Waals surface area contributed by atoms with Crippen LogP contribution in [0.3, 0.4) is 0 Å². The van der Waals surface area contributed by atoms with Gasteiger partial charge in [-0.25, -0.2) is 0 Å². The molecule has 0 bridgehead atoms. The van der Waals surface area contributed by atoms with Crippen molar-refractivity contribution in [1.82, 2.24) is 14.8 Å². The number of halogens is 1. The maximum Gasteiger partial charge on any atom is 0.148 e. The molecule has 1 saturated heterocycles. The van der Waals surface area contributed by atoms with E-state index in [4.69, 9.17) is 11.6 Å². The van der Waals surface area contributed by atoms with Crippen molar-refractivity contribution in [2.75, 3.05) is 11.5 Å². The maximum atomic E-state index is 11.2. The van der Waals surface area contributed by atoms with Crippen molar-refractivity contribution in [1.29, 1.82) is 0 Å². The molecule has 0 aromatic carbocycles. The lowest BCUT2D eigenvalue weighted by Crippen LogP contribution is -2.22. The van der Waals surface area contributed by atoms with E-state index in [1.165, 1.54) is 0 Å². The van der Waals surface area contributed by atoms with E-state index in [-0.39, 0.29) is 0 Å². The van der Waals surface area contributed by atoms with E-state index < -0.39 is 10.8 Å². The lowest BCUT2D eigenvalue weighted by atomic mass is 10.1. The first-order valence-electron chi connectivity index (χ1n) is 4.60. The third-order valence-electron chi connectivity index (χ3n) is 2.52. The smallest absolute Gasteiger partial charge is 0.148 e. The van der Waals surface area contributed by atoms with Gasteiger partial charge in [-0.1, -0.05) is 0 Å². The summed E-state index contributed by atoms with van der Waals surface area (Å²) < 4.78 is 13.2. The zero-order valence-corrected chi connectivity index (χ0v) is 9.30. The highest BCUT2D eigenvalue weighted by atomic mass is 35.5. The number of nitrogens with zero attached hydrogens (tertiary/aromatic N) is 3. The van der Waals surface area contributed by atoms with Crippen LogP contribution in [0.5, 0.6) is 0 Å². The number of hydrogen-bond donors (Lipinski definition) is 0. The molecule has 1 fully saturated rings. The molecule has 0 amide bonds. The Hall–Kier alpha value is -0.420. The summed E-state index contributed by atoms with van der Waals surface area (Å²) in [5, 5.41) is 7.77. The summed E-state index contributed by atoms with van der Waals surface area (Å²) in [7, 11) is -0.618. The van der Waals surface area contributed by atoms with Crippen molar-refractivity contribution in [3.63, 3.8) is 0 Å². The molecule has 0 aliphatic carbocycles. The van der Waals surface area contributed by atoms with Crippen LogP contribution in [0, 0.1) is 0 Å². The van der Waals surface area contributed by atoms with E-state index in [0.717, 1.165) is 30.2 Å². The van der Waals surface area contributed by atoms with Gasteiger partial charge in [0.2, 0.25) is 0 Å². The minimum Gasteiger partial charge on any atom is -0.313 e. The van der Waals surface area contributed by atoms with Crippen LogP contribution < -0.4 is 0 Å². The number of alkyl halides is 1. The summed E-state index contributed by atoms with van der Waals surface area (Å²) in [5.74, 6) is 2.76. The maximum absolute atomic E-state index is 11.2. The van der Waals surface area contributed by atoms with Gasteiger partial charge in [0.15, 0.2) is 0 Å². The van der Waals surface area contributed by atoms with Crippen molar-refractivity contribution >= 4 is 22.4 Å². The zero-order chi connectivity index (χ0) is 9.97. The quantitative estimate of drug-likeness (QED) is 0.719. The third-order valence-corrected chi connectivity index (χ3v) is 4.14. The monoisotopic (exact) mass is 233 g/mol. The Labute approximate surface area is 90.1 Å². The largest absolute Gasteiger partial charge is 0.313 e. The molecule has 1 aliphatic rings. The lowest BCUT2D eigenvalue weighted by Gasteiger charge is -2.23. The fourth-order valence-corrected chi connectivity index (χ4v) is 3.19. The zero-order valence-electron chi connectivity index (χ0n) is 7.73. The molecule has 2 rings (SSSR count). The summed E-state index contributed by atoms with van der Waals surface area (Å²) in [6, 6.07) is 0.386. The average molecular weight is 234 g/mol. The molecule has 78 valence electrons. The minimum absolute atomic E-state index is 0.386. The molecule has 0 radical (unpaired) electrons. The Bertz CT molecular complexity index is 331. The Morgan fingerprint density at radius 1 is 1.57 bits per heavy atom. The predicted octanol–water partition coefficient (Wildman–Crippen LogP) is 1.10. The van der Waals surface area contributed by atoms with Gasteiger partial charge >= 0.3 is 0 Å². The molecule has 14 heavy (non-hydrogen) atoms. The van der Waals surface area contributed by atoms with Gasteiger partial charge in [-0.2, -0.15) is 0 Å². The summed E-state index contributed by atoms with van der Waals surface area (Å²) in [6.45, 7) is 0. The number of aromatic nitrogens is 3. The second-order valence-corrected chi connectivity index (χ2v) is 5.33. The van der Waals surface area contributed by atoms with Gasteiger partial charge in [-0.05, 0) is 12.8 Å². The van der Waals surface area contributed by atoms with Gasteiger partial charge in [0, 0.05) is 28.3 Å². The topological polar surface area (TPSA) is 47.8 Å².